The Kier molecular flexibility index (Phi) is 13.8. The molecule has 12 nitrogen and oxygen atoms in total. The number of aliphatic hydroxyl groups excluding tert-OH is 1. The molecule has 1 saturated heterocycles. The lowest BCUT2D eigenvalue weighted by atomic mass is 9.97. The van der Waals surface area contributed by atoms with E-state index < -0.39 is 6.29 Å². The second kappa shape index (κ2) is 19.3. The maximum Gasteiger partial charge on any atom is 0.224 e. The van der Waals surface area contributed by atoms with Gasteiger partial charge in [-0.3, -0.25) is 9.59 Å². The molecule has 2 heterocycles. The van der Waals surface area contributed by atoms with Crippen molar-refractivity contribution in [2.45, 2.75) is 81.8 Å². The van der Waals surface area contributed by atoms with E-state index in [-0.39, 0.29) is 30.6 Å². The molecule has 282 valence electrons. The number of unbranched alkanes of at least 4 members (excludes halogenated alkanes) is 3. The Morgan fingerprint density at radius 2 is 1.57 bits per heavy atom. The molecule has 1 aliphatic rings. The highest BCUT2D eigenvalue weighted by atomic mass is 32.2. The van der Waals surface area contributed by atoms with Gasteiger partial charge >= 0.3 is 0 Å². The van der Waals surface area contributed by atoms with Crippen LogP contribution in [0.4, 0.5) is 11.4 Å². The number of carbonyl (C=O) groups excluding carboxylic acids is 2. The number of anilines is 2. The van der Waals surface area contributed by atoms with E-state index in [1.165, 1.54) is 0 Å². The van der Waals surface area contributed by atoms with Gasteiger partial charge in [0.1, 0.15) is 0 Å². The van der Waals surface area contributed by atoms with Crippen molar-refractivity contribution in [1.82, 2.24) is 25.5 Å². The molecule has 0 aliphatic carbocycles. The van der Waals surface area contributed by atoms with E-state index in [9.17, 15) is 14.7 Å². The van der Waals surface area contributed by atoms with Gasteiger partial charge in [-0.1, -0.05) is 110 Å². The Balaban J connectivity index is 1.00. The zero-order valence-electron chi connectivity index (χ0n) is 30.4. The number of para-hydroxylation sites is 2. The number of carbonyl (C=O) groups is 2. The first kappa shape index (κ1) is 38.6. The molecule has 1 aliphatic heterocycles. The van der Waals surface area contributed by atoms with Crippen LogP contribution < -0.4 is 16.4 Å². The summed E-state index contributed by atoms with van der Waals surface area (Å²) in [5, 5.41) is 28.0. The van der Waals surface area contributed by atoms with Crippen LogP contribution in [0, 0.1) is 0 Å². The van der Waals surface area contributed by atoms with Crippen molar-refractivity contribution >= 4 is 35.0 Å². The van der Waals surface area contributed by atoms with Gasteiger partial charge < -0.3 is 30.9 Å². The fraction of sp³-hybridized carbons (Fsp3) is 0.341. The van der Waals surface area contributed by atoms with Crippen LogP contribution in [-0.2, 0) is 39.3 Å². The topological polar surface area (TPSA) is 167 Å². The Hall–Kier alpha value is -5.08. The monoisotopic (exact) mass is 749 g/mol. The van der Waals surface area contributed by atoms with E-state index in [0.717, 1.165) is 59.1 Å². The molecular formula is C41H47N7O5S. The van der Waals surface area contributed by atoms with E-state index in [1.54, 1.807) is 28.6 Å². The number of aliphatic hydroxyl groups is 1. The Labute approximate surface area is 319 Å². The van der Waals surface area contributed by atoms with Gasteiger partial charge in [-0.15, -0.1) is 5.10 Å². The van der Waals surface area contributed by atoms with Crippen molar-refractivity contribution in [2.75, 3.05) is 16.8 Å². The van der Waals surface area contributed by atoms with Crippen molar-refractivity contribution in [3.05, 3.63) is 119 Å². The van der Waals surface area contributed by atoms with Crippen LogP contribution in [0.2, 0.25) is 0 Å². The average molecular weight is 750 g/mol. The number of benzene rings is 4. The highest BCUT2D eigenvalue weighted by Gasteiger charge is 2.32. The summed E-state index contributed by atoms with van der Waals surface area (Å²) in [6.45, 7) is 0.410. The predicted molar refractivity (Wildman–Crippen MR) is 209 cm³/mol. The van der Waals surface area contributed by atoms with E-state index in [1.807, 2.05) is 73.8 Å². The predicted octanol–water partition coefficient (Wildman–Crippen LogP) is 6.88. The number of hydrogen-bond donors (Lipinski definition) is 4. The zero-order valence-corrected chi connectivity index (χ0v) is 31.2. The first-order chi connectivity index (χ1) is 26.4. The van der Waals surface area contributed by atoms with Gasteiger partial charge in [-0.25, -0.2) is 4.68 Å². The van der Waals surface area contributed by atoms with Crippen LogP contribution in [0.3, 0.4) is 0 Å². The Bertz CT molecular complexity index is 1970. The number of nitrogens with two attached hydrogens (primary N) is 1. The van der Waals surface area contributed by atoms with Gasteiger partial charge in [0.15, 0.2) is 6.29 Å². The molecule has 0 saturated carbocycles. The van der Waals surface area contributed by atoms with Crippen molar-refractivity contribution in [3.8, 4) is 11.1 Å². The molecule has 0 bridgehead atoms. The summed E-state index contributed by atoms with van der Waals surface area (Å²) in [5.41, 5.74) is 13.0. The number of amides is 2. The summed E-state index contributed by atoms with van der Waals surface area (Å²) in [6, 6.07) is 31.3. The second-order valence-electron chi connectivity index (χ2n) is 13.4. The first-order valence-corrected chi connectivity index (χ1v) is 19.3. The second-order valence-corrected chi connectivity index (χ2v) is 14.3. The number of nitrogens with zero attached hydrogens (tertiary/aromatic N) is 4. The van der Waals surface area contributed by atoms with Crippen molar-refractivity contribution < 1.29 is 24.2 Å². The Morgan fingerprint density at radius 3 is 2.30 bits per heavy atom. The summed E-state index contributed by atoms with van der Waals surface area (Å²) in [7, 11) is 1.81. The van der Waals surface area contributed by atoms with Crippen LogP contribution in [-0.4, -0.2) is 49.0 Å². The van der Waals surface area contributed by atoms with Gasteiger partial charge in [0.05, 0.1) is 30.2 Å². The minimum Gasteiger partial charge on any atom is -0.397 e. The highest BCUT2D eigenvalue weighted by molar-refractivity contribution is 7.99. The van der Waals surface area contributed by atoms with Crippen LogP contribution in [0.1, 0.15) is 79.6 Å². The van der Waals surface area contributed by atoms with Crippen molar-refractivity contribution in [2.24, 2.45) is 7.05 Å². The molecule has 13 heteroatoms. The molecule has 0 spiro atoms. The van der Waals surface area contributed by atoms with Crippen LogP contribution in [0.25, 0.3) is 11.1 Å². The number of ether oxygens (including phenoxy) is 2. The molecule has 5 aromatic rings. The Morgan fingerprint density at radius 1 is 0.870 bits per heavy atom. The molecule has 0 unspecified atom stereocenters. The number of thioether (sulfide) groups is 1. The molecule has 6 rings (SSSR count). The maximum absolute atomic E-state index is 12.7. The quantitative estimate of drug-likeness (QED) is 0.0447. The van der Waals surface area contributed by atoms with E-state index in [0.29, 0.717) is 48.1 Å². The number of hydrogen-bond acceptors (Lipinski definition) is 10. The number of rotatable bonds is 17. The summed E-state index contributed by atoms with van der Waals surface area (Å²) in [6.07, 6.45) is 3.88. The number of nitrogen functional groups attached to an aromatic ring is 1. The maximum atomic E-state index is 12.7. The summed E-state index contributed by atoms with van der Waals surface area (Å²) in [4.78, 5) is 25.0. The van der Waals surface area contributed by atoms with Crippen molar-refractivity contribution in [3.63, 3.8) is 0 Å². The molecule has 4 aromatic carbocycles. The van der Waals surface area contributed by atoms with Crippen LogP contribution >= 0.6 is 11.8 Å². The standard InChI is InChI=1S/C41H47N7O5S/c1-48-41(45-46-47-48)54-27-33-24-37(30-18-16-28(26-49)17-19-30)53-40(52-33)31-22-20-29(21-23-31)34-11-7-6-10-32(34)25-43-38(50)14-4-2-3-5-15-39(51)44-36-13-9-8-12-35(36)42/h6-13,16-23,33,37,40,49H,2-5,14-15,24-27,42H2,1H3,(H,43,50)(H,44,51)/t33-,37+,40+/m0/s1. The smallest absolute Gasteiger partial charge is 0.224 e. The molecule has 5 N–H and O–H groups in total. The minimum absolute atomic E-state index is 0.00718. The molecule has 3 atom stereocenters. The normalized spacial score (nSPS) is 16.9. The number of aryl methyl sites for hydroxylation is 1. The zero-order chi connectivity index (χ0) is 37.7. The third kappa shape index (κ3) is 10.8. The number of aromatic nitrogens is 4. The average Bonchev–Trinajstić information content (AvgIpc) is 3.62. The fourth-order valence-electron chi connectivity index (χ4n) is 6.34. The van der Waals surface area contributed by atoms with Gasteiger partial charge in [0, 0.05) is 44.2 Å². The minimum atomic E-state index is -0.584. The lowest BCUT2D eigenvalue weighted by molar-refractivity contribution is -0.245. The van der Waals surface area contributed by atoms with Crippen molar-refractivity contribution in [1.29, 1.82) is 0 Å². The van der Waals surface area contributed by atoms with Crippen LogP contribution in [0.5, 0.6) is 0 Å². The third-order valence-corrected chi connectivity index (χ3v) is 10.5. The lowest BCUT2D eigenvalue weighted by Gasteiger charge is -2.36. The van der Waals surface area contributed by atoms with Gasteiger partial charge in [0.2, 0.25) is 17.0 Å². The SMILES string of the molecule is Cn1nnnc1SC[C@@H]1C[C@H](c2ccc(CO)cc2)O[C@H](c2ccc(-c3ccccc3CNC(=O)CCCCCCC(=O)Nc3ccccc3N)cc2)O1. The molecule has 1 fully saturated rings. The molecule has 2 amide bonds. The van der Waals surface area contributed by atoms with E-state index in [2.05, 4.69) is 44.4 Å². The third-order valence-electron chi connectivity index (χ3n) is 9.37. The molecule has 1 aromatic heterocycles. The van der Waals surface area contributed by atoms with Gasteiger partial charge in [-0.05, 0) is 63.2 Å². The van der Waals surface area contributed by atoms with E-state index in [4.69, 9.17) is 15.2 Å². The van der Waals surface area contributed by atoms with Gasteiger partial charge in [0.25, 0.3) is 0 Å². The molecular weight excluding hydrogens is 703 g/mol. The molecule has 54 heavy (non-hydrogen) atoms. The summed E-state index contributed by atoms with van der Waals surface area (Å²) in [5.74, 6) is 0.606. The largest absolute Gasteiger partial charge is 0.397 e. The summed E-state index contributed by atoms with van der Waals surface area (Å²) < 4.78 is 14.7. The first-order valence-electron chi connectivity index (χ1n) is 18.3. The molecule has 0 radical (unpaired) electrons. The van der Waals surface area contributed by atoms with Crippen LogP contribution in [0.15, 0.2) is 102 Å². The summed E-state index contributed by atoms with van der Waals surface area (Å²) >= 11 is 1.54. The fourth-order valence-corrected chi connectivity index (χ4v) is 7.21. The number of tetrazole rings is 1. The van der Waals surface area contributed by atoms with E-state index >= 15 is 0 Å². The lowest BCUT2D eigenvalue weighted by Crippen LogP contribution is -2.31. The van der Waals surface area contributed by atoms with Gasteiger partial charge in [-0.2, -0.15) is 0 Å². The highest BCUT2D eigenvalue weighted by Crippen LogP contribution is 2.40. The number of nitrogens with one attached hydrogen (secondary N) is 2.